The summed E-state index contributed by atoms with van der Waals surface area (Å²) in [7, 11) is 0. The molecule has 1 aromatic heterocycles. The van der Waals surface area contributed by atoms with E-state index >= 15 is 0 Å². The molecule has 0 saturated carbocycles. The molecule has 0 saturated heterocycles. The van der Waals surface area contributed by atoms with Gasteiger partial charge in [-0.25, -0.2) is 9.67 Å². The van der Waals surface area contributed by atoms with E-state index in [0.29, 0.717) is 6.61 Å². The fraction of sp³-hybridized carbons (Fsp3) is 0.417. The van der Waals surface area contributed by atoms with Crippen LogP contribution in [0.3, 0.4) is 0 Å². The SMILES string of the molecule is CC(C)(C)C(OCc1ccccc1)C(CCCc1ccccc1)n1cncn1. The summed E-state index contributed by atoms with van der Waals surface area (Å²) in [5.41, 5.74) is 2.55. The van der Waals surface area contributed by atoms with Crippen molar-refractivity contribution in [2.45, 2.75) is 58.8 Å². The first-order chi connectivity index (χ1) is 13.5. The normalized spacial score (nSPS) is 14.0. The highest BCUT2D eigenvalue weighted by molar-refractivity contribution is 5.15. The smallest absolute Gasteiger partial charge is 0.137 e. The van der Waals surface area contributed by atoms with Crippen molar-refractivity contribution in [2.24, 2.45) is 5.41 Å². The van der Waals surface area contributed by atoms with E-state index in [-0.39, 0.29) is 17.6 Å². The minimum Gasteiger partial charge on any atom is -0.371 e. The third-order valence-corrected chi connectivity index (χ3v) is 5.06. The van der Waals surface area contributed by atoms with E-state index in [1.165, 1.54) is 11.1 Å². The lowest BCUT2D eigenvalue weighted by molar-refractivity contribution is -0.0650. The molecular formula is C24H31N3O. The number of aryl methyl sites for hydroxylation is 1. The Balaban J connectivity index is 1.72. The van der Waals surface area contributed by atoms with Crippen LogP contribution in [0, 0.1) is 5.41 Å². The lowest BCUT2D eigenvalue weighted by atomic mass is 9.82. The molecule has 3 aromatic rings. The number of aromatic nitrogens is 3. The first-order valence-electron chi connectivity index (χ1n) is 10.1. The van der Waals surface area contributed by atoms with Crippen LogP contribution in [0.15, 0.2) is 73.3 Å². The van der Waals surface area contributed by atoms with E-state index in [2.05, 4.69) is 85.5 Å². The first-order valence-corrected chi connectivity index (χ1v) is 10.1. The second-order valence-electron chi connectivity index (χ2n) is 8.40. The zero-order valence-corrected chi connectivity index (χ0v) is 17.2. The Morgan fingerprint density at radius 2 is 1.57 bits per heavy atom. The van der Waals surface area contributed by atoms with Gasteiger partial charge in [0.1, 0.15) is 12.7 Å². The lowest BCUT2D eigenvalue weighted by Crippen LogP contribution is -2.38. The summed E-state index contributed by atoms with van der Waals surface area (Å²) < 4.78 is 8.47. The predicted molar refractivity (Wildman–Crippen MR) is 113 cm³/mol. The molecule has 1 heterocycles. The highest BCUT2D eigenvalue weighted by atomic mass is 16.5. The highest BCUT2D eigenvalue weighted by Crippen LogP contribution is 2.34. The summed E-state index contributed by atoms with van der Waals surface area (Å²) in [5.74, 6) is 0. The number of hydrogen-bond acceptors (Lipinski definition) is 3. The maximum Gasteiger partial charge on any atom is 0.137 e. The number of hydrogen-bond donors (Lipinski definition) is 0. The van der Waals surface area contributed by atoms with Crippen LogP contribution in [0.2, 0.25) is 0 Å². The number of ether oxygens (including phenoxy) is 1. The molecule has 0 bridgehead atoms. The summed E-state index contributed by atoms with van der Waals surface area (Å²) in [6.45, 7) is 7.32. The maximum absolute atomic E-state index is 6.49. The van der Waals surface area contributed by atoms with Gasteiger partial charge in [0, 0.05) is 0 Å². The van der Waals surface area contributed by atoms with Crippen molar-refractivity contribution < 1.29 is 4.74 Å². The molecule has 0 radical (unpaired) electrons. The van der Waals surface area contributed by atoms with Crippen molar-refractivity contribution in [1.29, 1.82) is 0 Å². The Morgan fingerprint density at radius 3 is 2.14 bits per heavy atom. The molecule has 4 nitrogen and oxygen atoms in total. The standard InChI is InChI=1S/C24H31N3O/c1-24(2,3)23(28-17-21-13-8-5-9-14-21)22(27-19-25-18-26-27)16-10-15-20-11-6-4-7-12-20/h4-9,11-14,18-19,22-23H,10,15-17H2,1-3H3. The molecule has 2 aromatic carbocycles. The molecule has 0 aliphatic rings. The van der Waals surface area contributed by atoms with Crippen LogP contribution in [-0.4, -0.2) is 20.9 Å². The molecule has 0 aliphatic heterocycles. The fourth-order valence-corrected chi connectivity index (χ4v) is 3.67. The van der Waals surface area contributed by atoms with Gasteiger partial charge in [-0.1, -0.05) is 81.4 Å². The molecule has 0 spiro atoms. The fourth-order valence-electron chi connectivity index (χ4n) is 3.67. The van der Waals surface area contributed by atoms with Crippen molar-refractivity contribution in [1.82, 2.24) is 14.8 Å². The number of benzene rings is 2. The van der Waals surface area contributed by atoms with Gasteiger partial charge < -0.3 is 4.74 Å². The van der Waals surface area contributed by atoms with Crippen LogP contribution in [0.4, 0.5) is 0 Å². The number of nitrogens with zero attached hydrogens (tertiary/aromatic N) is 3. The third-order valence-electron chi connectivity index (χ3n) is 5.06. The molecule has 0 aliphatic carbocycles. The Bertz CT molecular complexity index is 795. The average Bonchev–Trinajstić information content (AvgIpc) is 3.22. The molecule has 148 valence electrons. The highest BCUT2D eigenvalue weighted by Gasteiger charge is 2.34. The van der Waals surface area contributed by atoms with E-state index in [1.54, 1.807) is 6.33 Å². The van der Waals surface area contributed by atoms with Gasteiger partial charge in [-0.05, 0) is 35.8 Å². The first kappa shape index (κ1) is 20.3. The summed E-state index contributed by atoms with van der Waals surface area (Å²) in [5, 5.41) is 4.46. The molecule has 2 atom stereocenters. The van der Waals surface area contributed by atoms with Gasteiger partial charge >= 0.3 is 0 Å². The lowest BCUT2D eigenvalue weighted by Gasteiger charge is -2.37. The van der Waals surface area contributed by atoms with Gasteiger partial charge in [-0.2, -0.15) is 5.10 Å². The van der Waals surface area contributed by atoms with E-state index < -0.39 is 0 Å². The second-order valence-corrected chi connectivity index (χ2v) is 8.40. The van der Waals surface area contributed by atoms with Crippen molar-refractivity contribution in [3.8, 4) is 0 Å². The second kappa shape index (κ2) is 9.65. The van der Waals surface area contributed by atoms with Crippen LogP contribution < -0.4 is 0 Å². The molecular weight excluding hydrogens is 346 g/mol. The summed E-state index contributed by atoms with van der Waals surface area (Å²) in [4.78, 5) is 4.19. The molecule has 0 fully saturated rings. The quantitative estimate of drug-likeness (QED) is 0.496. The Morgan fingerprint density at radius 1 is 0.929 bits per heavy atom. The average molecular weight is 378 g/mol. The monoisotopic (exact) mass is 377 g/mol. The molecule has 0 amide bonds. The maximum atomic E-state index is 6.49. The van der Waals surface area contributed by atoms with Crippen molar-refractivity contribution in [3.63, 3.8) is 0 Å². The zero-order chi connectivity index (χ0) is 19.8. The van der Waals surface area contributed by atoms with Crippen LogP contribution in [0.1, 0.15) is 50.8 Å². The molecule has 28 heavy (non-hydrogen) atoms. The molecule has 2 unspecified atom stereocenters. The zero-order valence-electron chi connectivity index (χ0n) is 17.2. The summed E-state index contributed by atoms with van der Waals surface area (Å²) >= 11 is 0. The Hall–Kier alpha value is -2.46. The Labute approximate surface area is 168 Å². The predicted octanol–water partition coefficient (Wildman–Crippen LogP) is 5.47. The van der Waals surface area contributed by atoms with Crippen LogP contribution in [0.25, 0.3) is 0 Å². The summed E-state index contributed by atoms with van der Waals surface area (Å²) in [6.07, 6.45) is 6.59. The molecule has 0 N–H and O–H groups in total. The van der Waals surface area contributed by atoms with Crippen molar-refractivity contribution in [3.05, 3.63) is 84.4 Å². The van der Waals surface area contributed by atoms with Gasteiger partial charge in [0.25, 0.3) is 0 Å². The van der Waals surface area contributed by atoms with E-state index in [4.69, 9.17) is 4.74 Å². The third kappa shape index (κ3) is 5.77. The minimum absolute atomic E-state index is 0.0157. The van der Waals surface area contributed by atoms with Gasteiger partial charge in [-0.15, -0.1) is 0 Å². The topological polar surface area (TPSA) is 39.9 Å². The van der Waals surface area contributed by atoms with Gasteiger partial charge in [0.05, 0.1) is 18.8 Å². The van der Waals surface area contributed by atoms with Crippen LogP contribution in [-0.2, 0) is 17.8 Å². The molecule has 4 heteroatoms. The van der Waals surface area contributed by atoms with Gasteiger partial charge in [0.2, 0.25) is 0 Å². The van der Waals surface area contributed by atoms with Crippen LogP contribution >= 0.6 is 0 Å². The van der Waals surface area contributed by atoms with E-state index in [9.17, 15) is 0 Å². The van der Waals surface area contributed by atoms with Gasteiger partial charge in [-0.3, -0.25) is 0 Å². The largest absolute Gasteiger partial charge is 0.371 e. The van der Waals surface area contributed by atoms with Crippen molar-refractivity contribution >= 4 is 0 Å². The minimum atomic E-state index is -0.0157. The van der Waals surface area contributed by atoms with Crippen molar-refractivity contribution in [2.75, 3.05) is 0 Å². The van der Waals surface area contributed by atoms with Crippen LogP contribution in [0.5, 0.6) is 0 Å². The Kier molecular flexibility index (Phi) is 6.99. The summed E-state index contributed by atoms with van der Waals surface area (Å²) in [6, 6.07) is 21.2. The van der Waals surface area contributed by atoms with E-state index in [0.717, 1.165) is 19.3 Å². The molecule has 3 rings (SSSR count). The van der Waals surface area contributed by atoms with Gasteiger partial charge in [0.15, 0.2) is 0 Å². The van der Waals surface area contributed by atoms with E-state index in [1.807, 2.05) is 17.1 Å². The number of rotatable bonds is 9.